The molecule has 0 unspecified atom stereocenters. The molecule has 0 atom stereocenters. The predicted molar refractivity (Wildman–Crippen MR) is 186 cm³/mol. The SMILES string of the molecule is CCCCCCCCCCCCCCCCCC[NH+](CC)CCCCCCCCCCCCCCCCCC.[Br-].[Br-].[NH4+]. The van der Waals surface area contributed by atoms with E-state index in [0.29, 0.717) is 0 Å². The summed E-state index contributed by atoms with van der Waals surface area (Å²) in [5.41, 5.74) is 0. The number of nitrogens with one attached hydrogen (secondary N) is 1. The molecular weight excluding hydrogens is 644 g/mol. The van der Waals surface area contributed by atoms with Crippen molar-refractivity contribution in [2.24, 2.45) is 0 Å². The highest BCUT2D eigenvalue weighted by atomic mass is 79.9. The molecule has 0 spiro atoms. The van der Waals surface area contributed by atoms with Gasteiger partial charge >= 0.3 is 0 Å². The molecule has 0 aliphatic heterocycles. The number of hydrogen-bond acceptors (Lipinski definition) is 0. The molecule has 5 N–H and O–H groups in total. The third-order valence-corrected chi connectivity index (χ3v) is 9.27. The summed E-state index contributed by atoms with van der Waals surface area (Å²) in [6.07, 6.45) is 47.1. The van der Waals surface area contributed by atoms with Gasteiger partial charge in [-0.2, -0.15) is 0 Å². The Bertz CT molecular complexity index is 386. The molecule has 42 heavy (non-hydrogen) atoms. The summed E-state index contributed by atoms with van der Waals surface area (Å²) in [7, 11) is 0. The molecule has 0 aromatic rings. The molecule has 0 bridgehead atoms. The molecule has 4 heteroatoms. The lowest BCUT2D eigenvalue weighted by Gasteiger charge is -2.17. The minimum absolute atomic E-state index is 0. The van der Waals surface area contributed by atoms with Crippen LogP contribution in [0.15, 0.2) is 0 Å². The number of quaternary nitrogens is 2. The van der Waals surface area contributed by atoms with Crippen molar-refractivity contribution in [1.82, 2.24) is 6.15 Å². The first-order chi connectivity index (χ1) is 19.3. The molecule has 0 aliphatic rings. The molecule has 0 heterocycles. The van der Waals surface area contributed by atoms with Crippen LogP contribution in [0.4, 0.5) is 0 Å². The van der Waals surface area contributed by atoms with Crippen LogP contribution < -0.4 is 45.0 Å². The number of rotatable bonds is 35. The van der Waals surface area contributed by atoms with E-state index in [0.717, 1.165) is 0 Å². The summed E-state index contributed by atoms with van der Waals surface area (Å²) >= 11 is 0. The lowest BCUT2D eigenvalue weighted by Crippen LogP contribution is -3.11. The van der Waals surface area contributed by atoms with Crippen molar-refractivity contribution in [3.05, 3.63) is 0 Å². The Hall–Kier alpha value is 0.880. The summed E-state index contributed by atoms with van der Waals surface area (Å²) in [5, 5.41) is 0. The van der Waals surface area contributed by atoms with Gasteiger partial charge in [-0.05, 0) is 32.6 Å². The maximum absolute atomic E-state index is 2.40. The Morgan fingerprint density at radius 2 is 0.429 bits per heavy atom. The number of unbranched alkanes of at least 4 members (excludes halogenated alkanes) is 30. The molecule has 0 fully saturated rings. The standard InChI is InChI=1S/C38H79N.2BrH.H3N/c1-4-7-9-11-13-15-17-19-21-23-25-27-29-31-33-35-37-39(6-3)38-36-34-32-30-28-26-24-22-20-18-16-14-12-10-8-5-2;;;/h4-38H2,1-3H3;2*1H;1H3. The Labute approximate surface area is 289 Å². The van der Waals surface area contributed by atoms with Crippen molar-refractivity contribution in [2.75, 3.05) is 19.6 Å². The van der Waals surface area contributed by atoms with Crippen LogP contribution in [0.2, 0.25) is 0 Å². The van der Waals surface area contributed by atoms with Crippen LogP contribution >= 0.6 is 0 Å². The van der Waals surface area contributed by atoms with E-state index in [1.54, 1.807) is 0 Å². The van der Waals surface area contributed by atoms with Crippen LogP contribution in [-0.2, 0) is 0 Å². The van der Waals surface area contributed by atoms with Crippen LogP contribution in [0, 0.1) is 0 Å². The highest BCUT2D eigenvalue weighted by Crippen LogP contribution is 2.15. The third-order valence-electron chi connectivity index (χ3n) is 9.27. The maximum Gasteiger partial charge on any atom is 0.0770 e. The zero-order valence-corrected chi connectivity index (χ0v) is 33.2. The lowest BCUT2D eigenvalue weighted by molar-refractivity contribution is -0.898. The van der Waals surface area contributed by atoms with Gasteiger partial charge in [0.15, 0.2) is 0 Å². The first-order valence-corrected chi connectivity index (χ1v) is 19.2. The Balaban J connectivity index is -0.00000241. The van der Waals surface area contributed by atoms with Crippen molar-refractivity contribution in [1.29, 1.82) is 0 Å². The summed E-state index contributed by atoms with van der Waals surface area (Å²) in [5.74, 6) is 0. The van der Waals surface area contributed by atoms with Crippen LogP contribution in [-0.4, -0.2) is 19.6 Å². The average molecular weight is 729 g/mol. The van der Waals surface area contributed by atoms with E-state index in [9.17, 15) is 0 Å². The highest BCUT2D eigenvalue weighted by molar-refractivity contribution is 4.51. The van der Waals surface area contributed by atoms with Gasteiger partial charge in [-0.3, -0.25) is 0 Å². The van der Waals surface area contributed by atoms with E-state index >= 15 is 0 Å². The Kier molecular flexibility index (Phi) is 54.8. The van der Waals surface area contributed by atoms with Crippen molar-refractivity contribution in [3.63, 3.8) is 0 Å². The molecule has 0 saturated heterocycles. The smallest absolute Gasteiger partial charge is 0.0770 e. The zero-order valence-electron chi connectivity index (χ0n) is 30.0. The second-order valence-corrected chi connectivity index (χ2v) is 13.2. The van der Waals surface area contributed by atoms with Gasteiger partial charge in [0, 0.05) is 0 Å². The van der Waals surface area contributed by atoms with Gasteiger partial charge in [0.2, 0.25) is 0 Å². The van der Waals surface area contributed by atoms with Crippen molar-refractivity contribution < 1.29 is 38.9 Å². The van der Waals surface area contributed by atoms with Crippen LogP contribution in [0.1, 0.15) is 226 Å². The molecule has 0 saturated carbocycles. The second-order valence-electron chi connectivity index (χ2n) is 13.2. The van der Waals surface area contributed by atoms with E-state index in [-0.39, 0.29) is 40.1 Å². The fraction of sp³-hybridized carbons (Fsp3) is 1.00. The summed E-state index contributed by atoms with van der Waals surface area (Å²) < 4.78 is 0. The molecule has 0 aliphatic carbocycles. The minimum Gasteiger partial charge on any atom is -1.00 e. The molecule has 2 nitrogen and oxygen atoms in total. The molecule has 0 aromatic heterocycles. The quantitative estimate of drug-likeness (QED) is 0.0675. The fourth-order valence-corrected chi connectivity index (χ4v) is 6.32. The van der Waals surface area contributed by atoms with Gasteiger partial charge in [0.25, 0.3) is 0 Å². The lowest BCUT2D eigenvalue weighted by atomic mass is 10.0. The molecule has 0 amide bonds. The van der Waals surface area contributed by atoms with Crippen LogP contribution in [0.5, 0.6) is 0 Å². The normalized spacial score (nSPS) is 10.9. The van der Waals surface area contributed by atoms with Gasteiger partial charge in [-0.15, -0.1) is 0 Å². The van der Waals surface area contributed by atoms with E-state index in [1.165, 1.54) is 225 Å². The molecular formula is C38H84Br2N2. The molecule has 0 rings (SSSR count). The van der Waals surface area contributed by atoms with Gasteiger partial charge in [-0.1, -0.05) is 194 Å². The topological polar surface area (TPSA) is 40.9 Å². The summed E-state index contributed by atoms with van der Waals surface area (Å²) in [6, 6.07) is 0. The van der Waals surface area contributed by atoms with Gasteiger partial charge in [-0.25, -0.2) is 0 Å². The van der Waals surface area contributed by atoms with Gasteiger partial charge in [0.1, 0.15) is 0 Å². The zero-order chi connectivity index (χ0) is 28.3. The van der Waals surface area contributed by atoms with Crippen molar-refractivity contribution in [3.8, 4) is 0 Å². The van der Waals surface area contributed by atoms with Crippen molar-refractivity contribution in [2.45, 2.75) is 226 Å². The van der Waals surface area contributed by atoms with E-state index in [2.05, 4.69) is 20.8 Å². The van der Waals surface area contributed by atoms with E-state index in [1.807, 2.05) is 4.90 Å². The number of halogens is 2. The van der Waals surface area contributed by atoms with Crippen LogP contribution in [0.3, 0.4) is 0 Å². The summed E-state index contributed by atoms with van der Waals surface area (Å²) in [6.45, 7) is 11.2. The molecule has 0 aromatic carbocycles. The Morgan fingerprint density at radius 1 is 0.262 bits per heavy atom. The van der Waals surface area contributed by atoms with Gasteiger partial charge in [0.05, 0.1) is 19.6 Å². The maximum atomic E-state index is 2.40. The molecule has 0 radical (unpaired) electrons. The van der Waals surface area contributed by atoms with E-state index < -0.39 is 0 Å². The minimum atomic E-state index is 0. The largest absolute Gasteiger partial charge is 1.00 e. The predicted octanol–water partition coefficient (Wildman–Crippen LogP) is 6.80. The second kappa shape index (κ2) is 46.3. The average Bonchev–Trinajstić information content (AvgIpc) is 2.95. The molecule has 260 valence electrons. The van der Waals surface area contributed by atoms with E-state index in [4.69, 9.17) is 0 Å². The fourth-order valence-electron chi connectivity index (χ4n) is 6.32. The highest BCUT2D eigenvalue weighted by Gasteiger charge is 2.05. The summed E-state index contributed by atoms with van der Waals surface area (Å²) in [4.78, 5) is 1.87. The Morgan fingerprint density at radius 3 is 0.595 bits per heavy atom. The monoisotopic (exact) mass is 727 g/mol. The first-order valence-electron chi connectivity index (χ1n) is 19.2. The van der Waals surface area contributed by atoms with Crippen molar-refractivity contribution >= 4 is 0 Å². The van der Waals surface area contributed by atoms with Gasteiger partial charge < -0.3 is 45.0 Å². The first kappa shape index (κ1) is 49.8. The third kappa shape index (κ3) is 43.0. The number of hydrogen-bond donors (Lipinski definition) is 2. The van der Waals surface area contributed by atoms with Crippen LogP contribution in [0.25, 0.3) is 0 Å².